The topological polar surface area (TPSA) is 24.5 Å². The molecule has 2 saturated heterocycles. The van der Waals surface area contributed by atoms with Gasteiger partial charge in [-0.1, -0.05) is 0 Å². The monoisotopic (exact) mass is 198 g/mol. The van der Waals surface area contributed by atoms with E-state index in [0.29, 0.717) is 12.1 Å². The molecule has 0 aromatic heterocycles. The fourth-order valence-corrected chi connectivity index (χ4v) is 2.41. The number of ether oxygens (including phenoxy) is 1. The molecule has 0 aromatic rings. The number of nitrogens with one attached hydrogen (secondary N) is 1. The quantitative estimate of drug-likeness (QED) is 0.727. The molecule has 0 spiro atoms. The van der Waals surface area contributed by atoms with Gasteiger partial charge in [-0.15, -0.1) is 0 Å². The molecule has 0 saturated carbocycles. The van der Waals surface area contributed by atoms with Crippen LogP contribution in [0.4, 0.5) is 0 Å². The first-order chi connectivity index (χ1) is 6.84. The second kappa shape index (κ2) is 5.10. The van der Waals surface area contributed by atoms with E-state index < -0.39 is 0 Å². The van der Waals surface area contributed by atoms with E-state index in [-0.39, 0.29) is 0 Å². The van der Waals surface area contributed by atoms with E-state index >= 15 is 0 Å². The lowest BCUT2D eigenvalue weighted by Crippen LogP contribution is -2.49. The normalized spacial score (nSPS) is 34.9. The lowest BCUT2D eigenvalue weighted by Gasteiger charge is -2.32. The molecule has 3 heteroatoms. The molecule has 0 bridgehead atoms. The van der Waals surface area contributed by atoms with Gasteiger partial charge in [0.15, 0.2) is 0 Å². The van der Waals surface area contributed by atoms with Crippen molar-refractivity contribution in [3.05, 3.63) is 0 Å². The van der Waals surface area contributed by atoms with Gasteiger partial charge in [0, 0.05) is 38.8 Å². The smallest absolute Gasteiger partial charge is 0.0588 e. The van der Waals surface area contributed by atoms with Crippen molar-refractivity contribution in [1.29, 1.82) is 0 Å². The SMILES string of the molecule is C[C@@H]1CN(CCC2CCCO2)CCN1. The fourth-order valence-electron chi connectivity index (χ4n) is 2.41. The number of piperazine rings is 1. The zero-order valence-corrected chi connectivity index (χ0v) is 9.17. The van der Waals surface area contributed by atoms with Crippen molar-refractivity contribution in [2.24, 2.45) is 0 Å². The van der Waals surface area contributed by atoms with E-state index in [4.69, 9.17) is 4.74 Å². The Kier molecular flexibility index (Phi) is 3.79. The summed E-state index contributed by atoms with van der Waals surface area (Å²) in [5.41, 5.74) is 0. The zero-order valence-electron chi connectivity index (χ0n) is 9.17. The van der Waals surface area contributed by atoms with E-state index in [1.165, 1.54) is 38.9 Å². The Morgan fingerprint density at radius 3 is 3.14 bits per heavy atom. The van der Waals surface area contributed by atoms with Crippen LogP contribution in [0.15, 0.2) is 0 Å². The second-order valence-corrected chi connectivity index (χ2v) is 4.58. The van der Waals surface area contributed by atoms with Crippen molar-refractivity contribution < 1.29 is 4.74 Å². The first-order valence-corrected chi connectivity index (χ1v) is 5.92. The van der Waals surface area contributed by atoms with Crippen LogP contribution in [0, 0.1) is 0 Å². The van der Waals surface area contributed by atoms with Crippen molar-refractivity contribution >= 4 is 0 Å². The maximum Gasteiger partial charge on any atom is 0.0588 e. The highest BCUT2D eigenvalue weighted by atomic mass is 16.5. The van der Waals surface area contributed by atoms with Gasteiger partial charge in [-0.25, -0.2) is 0 Å². The van der Waals surface area contributed by atoms with Crippen LogP contribution >= 0.6 is 0 Å². The van der Waals surface area contributed by atoms with Crippen LogP contribution in [0.25, 0.3) is 0 Å². The third-order valence-electron chi connectivity index (χ3n) is 3.24. The average Bonchev–Trinajstić information content (AvgIpc) is 2.67. The summed E-state index contributed by atoms with van der Waals surface area (Å²) in [5.74, 6) is 0. The molecule has 0 radical (unpaired) electrons. The maximum atomic E-state index is 5.63. The molecule has 0 aliphatic carbocycles. The average molecular weight is 198 g/mol. The summed E-state index contributed by atoms with van der Waals surface area (Å²) in [6, 6.07) is 0.660. The molecule has 2 aliphatic rings. The Morgan fingerprint density at radius 1 is 1.50 bits per heavy atom. The molecule has 2 rings (SSSR count). The molecule has 2 atom stereocenters. The van der Waals surface area contributed by atoms with E-state index in [1.807, 2.05) is 0 Å². The van der Waals surface area contributed by atoms with Crippen molar-refractivity contribution in [2.45, 2.75) is 38.3 Å². The van der Waals surface area contributed by atoms with Gasteiger partial charge < -0.3 is 15.0 Å². The van der Waals surface area contributed by atoms with Gasteiger partial charge >= 0.3 is 0 Å². The van der Waals surface area contributed by atoms with Gasteiger partial charge in [-0.2, -0.15) is 0 Å². The Labute approximate surface area is 86.8 Å². The van der Waals surface area contributed by atoms with Crippen LogP contribution < -0.4 is 5.32 Å². The van der Waals surface area contributed by atoms with Crippen molar-refractivity contribution in [3.63, 3.8) is 0 Å². The summed E-state index contributed by atoms with van der Waals surface area (Å²) in [6.07, 6.45) is 4.33. The van der Waals surface area contributed by atoms with Crippen molar-refractivity contribution in [1.82, 2.24) is 10.2 Å². The van der Waals surface area contributed by atoms with E-state index in [0.717, 1.165) is 13.2 Å². The molecule has 2 fully saturated rings. The van der Waals surface area contributed by atoms with E-state index in [9.17, 15) is 0 Å². The number of hydrogen-bond acceptors (Lipinski definition) is 3. The minimum Gasteiger partial charge on any atom is -0.378 e. The molecule has 14 heavy (non-hydrogen) atoms. The summed E-state index contributed by atoms with van der Waals surface area (Å²) in [4.78, 5) is 2.56. The molecule has 0 aromatic carbocycles. The molecule has 1 unspecified atom stereocenters. The van der Waals surface area contributed by atoms with Crippen LogP contribution in [0.1, 0.15) is 26.2 Å². The minimum absolute atomic E-state index is 0.556. The van der Waals surface area contributed by atoms with Crippen LogP contribution in [-0.4, -0.2) is 49.8 Å². The van der Waals surface area contributed by atoms with Crippen LogP contribution in [0.3, 0.4) is 0 Å². The number of nitrogens with zero attached hydrogens (tertiary/aromatic N) is 1. The lowest BCUT2D eigenvalue weighted by molar-refractivity contribution is 0.0873. The van der Waals surface area contributed by atoms with Gasteiger partial charge in [0.1, 0.15) is 0 Å². The Balaban J connectivity index is 1.64. The van der Waals surface area contributed by atoms with Gasteiger partial charge in [-0.05, 0) is 26.2 Å². The summed E-state index contributed by atoms with van der Waals surface area (Å²) in [6.45, 7) is 8.02. The number of hydrogen-bond donors (Lipinski definition) is 1. The molecule has 2 heterocycles. The largest absolute Gasteiger partial charge is 0.378 e. The lowest BCUT2D eigenvalue weighted by atomic mass is 10.1. The highest BCUT2D eigenvalue weighted by Crippen LogP contribution is 2.15. The summed E-state index contributed by atoms with van der Waals surface area (Å²) in [5, 5.41) is 3.47. The van der Waals surface area contributed by atoms with Crippen LogP contribution in [-0.2, 0) is 4.74 Å². The Bertz CT molecular complexity index is 169. The third kappa shape index (κ3) is 2.94. The molecule has 82 valence electrons. The third-order valence-corrected chi connectivity index (χ3v) is 3.24. The second-order valence-electron chi connectivity index (χ2n) is 4.58. The molecule has 2 aliphatic heterocycles. The fraction of sp³-hybridized carbons (Fsp3) is 1.00. The Morgan fingerprint density at radius 2 is 2.43 bits per heavy atom. The van der Waals surface area contributed by atoms with Crippen molar-refractivity contribution in [3.8, 4) is 0 Å². The predicted octanol–water partition coefficient (Wildman–Crippen LogP) is 0.849. The maximum absolute atomic E-state index is 5.63. The highest BCUT2D eigenvalue weighted by molar-refractivity contribution is 4.76. The van der Waals surface area contributed by atoms with Gasteiger partial charge in [0.2, 0.25) is 0 Å². The van der Waals surface area contributed by atoms with Crippen LogP contribution in [0.2, 0.25) is 0 Å². The number of rotatable bonds is 3. The molecule has 0 amide bonds. The van der Waals surface area contributed by atoms with Crippen LogP contribution in [0.5, 0.6) is 0 Å². The van der Waals surface area contributed by atoms with Gasteiger partial charge in [0.05, 0.1) is 6.10 Å². The molecular weight excluding hydrogens is 176 g/mol. The molecule has 1 N–H and O–H groups in total. The first-order valence-electron chi connectivity index (χ1n) is 5.92. The summed E-state index contributed by atoms with van der Waals surface area (Å²) < 4.78 is 5.63. The van der Waals surface area contributed by atoms with Crippen molar-refractivity contribution in [2.75, 3.05) is 32.8 Å². The Hall–Kier alpha value is -0.120. The molecular formula is C11H22N2O. The minimum atomic E-state index is 0.556. The zero-order chi connectivity index (χ0) is 9.80. The predicted molar refractivity (Wildman–Crippen MR) is 57.5 cm³/mol. The van der Waals surface area contributed by atoms with E-state index in [2.05, 4.69) is 17.1 Å². The highest BCUT2D eigenvalue weighted by Gasteiger charge is 2.19. The van der Waals surface area contributed by atoms with Gasteiger partial charge in [-0.3, -0.25) is 0 Å². The van der Waals surface area contributed by atoms with Gasteiger partial charge in [0.25, 0.3) is 0 Å². The molecule has 3 nitrogen and oxygen atoms in total. The standard InChI is InChI=1S/C11H22N2O/c1-10-9-13(7-5-12-10)6-4-11-3-2-8-14-11/h10-12H,2-9H2,1H3/t10-,11?/m1/s1. The van der Waals surface area contributed by atoms with E-state index in [1.54, 1.807) is 0 Å². The summed E-state index contributed by atoms with van der Waals surface area (Å²) in [7, 11) is 0. The first kappa shape index (κ1) is 10.4. The summed E-state index contributed by atoms with van der Waals surface area (Å²) >= 11 is 0.